The van der Waals surface area contributed by atoms with Crippen LogP contribution in [0.5, 0.6) is 0 Å². The molecule has 0 saturated carbocycles. The Kier molecular flexibility index (Phi) is 3.22. The van der Waals surface area contributed by atoms with Crippen LogP contribution in [0.15, 0.2) is 42.5 Å². The Balaban J connectivity index is 2.09. The molecule has 0 amide bonds. The molecule has 0 bridgehead atoms. The van der Waals surface area contributed by atoms with Crippen molar-refractivity contribution >= 4 is 17.0 Å². The first-order chi connectivity index (χ1) is 10.1. The highest BCUT2D eigenvalue weighted by molar-refractivity contribution is 5.92. The van der Waals surface area contributed by atoms with E-state index in [0.29, 0.717) is 0 Å². The molecule has 1 heterocycles. The minimum absolute atomic E-state index is 0.267. The van der Waals surface area contributed by atoms with Gasteiger partial charge in [-0.15, -0.1) is 0 Å². The Morgan fingerprint density at radius 1 is 1.19 bits per heavy atom. The third-order valence-electron chi connectivity index (χ3n) is 3.78. The molecular formula is C17H16N2O2. The fraction of sp³-hybridized carbons (Fsp3) is 0.176. The molecule has 0 aliphatic carbocycles. The van der Waals surface area contributed by atoms with E-state index in [1.54, 1.807) is 12.1 Å². The van der Waals surface area contributed by atoms with E-state index in [1.165, 1.54) is 11.1 Å². The van der Waals surface area contributed by atoms with E-state index in [1.807, 2.05) is 25.1 Å². The summed E-state index contributed by atoms with van der Waals surface area (Å²) in [6, 6.07) is 13.3. The number of aromatic nitrogens is 2. The molecule has 106 valence electrons. The number of rotatable bonds is 3. The molecule has 0 spiro atoms. The number of hydrogen-bond acceptors (Lipinski definition) is 2. The molecule has 0 aliphatic heterocycles. The van der Waals surface area contributed by atoms with Gasteiger partial charge in [0.15, 0.2) is 0 Å². The molecule has 4 nitrogen and oxygen atoms in total. The van der Waals surface area contributed by atoms with Gasteiger partial charge in [-0.05, 0) is 43.2 Å². The van der Waals surface area contributed by atoms with Gasteiger partial charge in [0.2, 0.25) is 0 Å². The molecule has 21 heavy (non-hydrogen) atoms. The minimum atomic E-state index is -0.928. The minimum Gasteiger partial charge on any atom is -0.478 e. The summed E-state index contributed by atoms with van der Waals surface area (Å²) in [6.07, 6.45) is 0. The number of hydrogen-bond donors (Lipinski definition) is 1. The number of aryl methyl sites for hydroxylation is 2. The number of nitrogens with zero attached hydrogens (tertiary/aromatic N) is 2. The van der Waals surface area contributed by atoms with Gasteiger partial charge in [-0.25, -0.2) is 9.78 Å². The van der Waals surface area contributed by atoms with Gasteiger partial charge >= 0.3 is 5.97 Å². The van der Waals surface area contributed by atoms with E-state index in [2.05, 4.69) is 28.6 Å². The van der Waals surface area contributed by atoms with Gasteiger partial charge in [-0.2, -0.15) is 0 Å². The molecule has 0 radical (unpaired) electrons. The number of aromatic carboxylic acids is 1. The van der Waals surface area contributed by atoms with Gasteiger partial charge in [0.1, 0.15) is 5.82 Å². The van der Waals surface area contributed by atoms with Crippen LogP contribution >= 0.6 is 0 Å². The van der Waals surface area contributed by atoms with Crippen molar-refractivity contribution in [3.05, 3.63) is 65.0 Å². The third-order valence-corrected chi connectivity index (χ3v) is 3.78. The molecule has 2 aromatic carbocycles. The molecule has 3 rings (SSSR count). The van der Waals surface area contributed by atoms with Crippen molar-refractivity contribution in [2.24, 2.45) is 0 Å². The van der Waals surface area contributed by atoms with E-state index in [4.69, 9.17) is 5.11 Å². The zero-order valence-electron chi connectivity index (χ0n) is 12.0. The van der Waals surface area contributed by atoms with Gasteiger partial charge < -0.3 is 9.67 Å². The average Bonchev–Trinajstić information content (AvgIpc) is 2.76. The predicted octanol–water partition coefficient (Wildman–Crippen LogP) is 3.40. The molecule has 0 fully saturated rings. The first kappa shape index (κ1) is 13.4. The third kappa shape index (κ3) is 2.40. The second-order valence-corrected chi connectivity index (χ2v) is 5.18. The van der Waals surface area contributed by atoms with Crippen molar-refractivity contribution in [2.75, 3.05) is 0 Å². The fourth-order valence-electron chi connectivity index (χ4n) is 2.54. The van der Waals surface area contributed by atoms with Crippen LogP contribution in [0.1, 0.15) is 27.3 Å². The Labute approximate surface area is 122 Å². The van der Waals surface area contributed by atoms with E-state index >= 15 is 0 Å². The highest BCUT2D eigenvalue weighted by atomic mass is 16.4. The molecule has 1 N–H and O–H groups in total. The quantitative estimate of drug-likeness (QED) is 0.800. The molecule has 3 aromatic rings. The standard InChI is InChI=1S/C17H16N2O2/c1-11-5-3-4-6-14(11)10-19-12(2)18-15-9-13(17(20)21)7-8-16(15)19/h3-9H,10H2,1-2H3,(H,20,21). The summed E-state index contributed by atoms with van der Waals surface area (Å²) in [5, 5.41) is 9.06. The van der Waals surface area contributed by atoms with Gasteiger partial charge in [-0.1, -0.05) is 24.3 Å². The van der Waals surface area contributed by atoms with E-state index in [-0.39, 0.29) is 5.56 Å². The molecular weight excluding hydrogens is 264 g/mol. The number of benzene rings is 2. The van der Waals surface area contributed by atoms with Crippen LogP contribution in [-0.4, -0.2) is 20.6 Å². The molecule has 0 saturated heterocycles. The van der Waals surface area contributed by atoms with Gasteiger partial charge in [0, 0.05) is 6.54 Å². The molecule has 0 unspecified atom stereocenters. The van der Waals surface area contributed by atoms with Crippen molar-refractivity contribution < 1.29 is 9.90 Å². The van der Waals surface area contributed by atoms with Gasteiger partial charge in [0.05, 0.1) is 16.6 Å². The molecule has 0 aliphatic rings. The van der Waals surface area contributed by atoms with Crippen LogP contribution in [-0.2, 0) is 6.54 Å². The topological polar surface area (TPSA) is 55.1 Å². The second-order valence-electron chi connectivity index (χ2n) is 5.18. The lowest BCUT2D eigenvalue weighted by molar-refractivity contribution is 0.0697. The van der Waals surface area contributed by atoms with E-state index in [0.717, 1.165) is 23.4 Å². The van der Waals surface area contributed by atoms with Crippen LogP contribution in [0.25, 0.3) is 11.0 Å². The lowest BCUT2D eigenvalue weighted by atomic mass is 10.1. The maximum absolute atomic E-state index is 11.0. The number of fused-ring (bicyclic) bond motifs is 1. The summed E-state index contributed by atoms with van der Waals surface area (Å²) in [7, 11) is 0. The fourth-order valence-corrected chi connectivity index (χ4v) is 2.54. The Morgan fingerprint density at radius 2 is 1.95 bits per heavy atom. The first-order valence-electron chi connectivity index (χ1n) is 6.81. The molecule has 4 heteroatoms. The van der Waals surface area contributed by atoms with E-state index in [9.17, 15) is 4.79 Å². The summed E-state index contributed by atoms with van der Waals surface area (Å²) in [5.41, 5.74) is 4.42. The van der Waals surface area contributed by atoms with Crippen molar-refractivity contribution in [3.63, 3.8) is 0 Å². The molecule has 1 aromatic heterocycles. The van der Waals surface area contributed by atoms with Crippen LogP contribution in [0, 0.1) is 13.8 Å². The second kappa shape index (κ2) is 5.05. The van der Waals surface area contributed by atoms with Crippen LogP contribution in [0.4, 0.5) is 0 Å². The highest BCUT2D eigenvalue weighted by Crippen LogP contribution is 2.20. The summed E-state index contributed by atoms with van der Waals surface area (Å²) in [6.45, 7) is 4.77. The Bertz CT molecular complexity index is 834. The Morgan fingerprint density at radius 3 is 2.67 bits per heavy atom. The van der Waals surface area contributed by atoms with Crippen molar-refractivity contribution in [1.29, 1.82) is 0 Å². The largest absolute Gasteiger partial charge is 0.478 e. The summed E-state index contributed by atoms with van der Waals surface area (Å²) in [4.78, 5) is 15.5. The zero-order valence-corrected chi connectivity index (χ0v) is 12.0. The zero-order chi connectivity index (χ0) is 15.0. The number of carboxylic acids is 1. The Hall–Kier alpha value is -2.62. The summed E-state index contributed by atoms with van der Waals surface area (Å²) >= 11 is 0. The van der Waals surface area contributed by atoms with Crippen molar-refractivity contribution in [1.82, 2.24) is 9.55 Å². The van der Waals surface area contributed by atoms with E-state index < -0.39 is 5.97 Å². The number of imidazole rings is 1. The summed E-state index contributed by atoms with van der Waals surface area (Å²) in [5.74, 6) is -0.0428. The van der Waals surface area contributed by atoms with Crippen LogP contribution in [0.2, 0.25) is 0 Å². The molecule has 0 atom stereocenters. The maximum Gasteiger partial charge on any atom is 0.335 e. The van der Waals surface area contributed by atoms with Gasteiger partial charge in [0.25, 0.3) is 0 Å². The number of carbonyl (C=O) groups is 1. The SMILES string of the molecule is Cc1ccccc1Cn1c(C)nc2cc(C(=O)O)ccc21. The normalized spacial score (nSPS) is 11.0. The lowest BCUT2D eigenvalue weighted by Crippen LogP contribution is -2.03. The van der Waals surface area contributed by atoms with Crippen molar-refractivity contribution in [2.45, 2.75) is 20.4 Å². The number of carboxylic acid groups (broad SMARTS) is 1. The highest BCUT2D eigenvalue weighted by Gasteiger charge is 2.11. The smallest absolute Gasteiger partial charge is 0.335 e. The van der Waals surface area contributed by atoms with Crippen molar-refractivity contribution in [3.8, 4) is 0 Å². The van der Waals surface area contributed by atoms with Gasteiger partial charge in [-0.3, -0.25) is 0 Å². The predicted molar refractivity (Wildman–Crippen MR) is 81.7 cm³/mol. The lowest BCUT2D eigenvalue weighted by Gasteiger charge is -2.09. The summed E-state index contributed by atoms with van der Waals surface area (Å²) < 4.78 is 2.11. The maximum atomic E-state index is 11.0. The monoisotopic (exact) mass is 280 g/mol. The average molecular weight is 280 g/mol. The van der Waals surface area contributed by atoms with Crippen LogP contribution in [0.3, 0.4) is 0 Å². The van der Waals surface area contributed by atoms with Crippen LogP contribution < -0.4 is 0 Å². The first-order valence-corrected chi connectivity index (χ1v) is 6.81.